The van der Waals surface area contributed by atoms with E-state index in [-0.39, 0.29) is 17.7 Å². The van der Waals surface area contributed by atoms with Crippen LogP contribution in [0.5, 0.6) is 5.75 Å². The number of fused-ring (bicyclic) bond motifs is 1. The normalized spacial score (nSPS) is 17.6. The molecule has 0 fully saturated rings. The molecule has 0 radical (unpaired) electrons. The number of nitrogen functional groups attached to an aromatic ring is 1. The Bertz CT molecular complexity index is 681. The van der Waals surface area contributed by atoms with Gasteiger partial charge in [0.2, 0.25) is 0 Å². The Hall–Kier alpha value is -2.01. The highest BCUT2D eigenvalue weighted by atomic mass is 32.1. The minimum Gasteiger partial charge on any atom is -0.508 e. The van der Waals surface area contributed by atoms with Gasteiger partial charge in [0.1, 0.15) is 5.75 Å². The molecule has 4 nitrogen and oxygen atoms in total. The second kappa shape index (κ2) is 5.41. The van der Waals surface area contributed by atoms with Gasteiger partial charge in [0.15, 0.2) is 0 Å². The van der Waals surface area contributed by atoms with Crippen molar-refractivity contribution in [1.29, 1.82) is 0 Å². The van der Waals surface area contributed by atoms with Crippen LogP contribution in [-0.2, 0) is 6.42 Å². The van der Waals surface area contributed by atoms with E-state index in [1.165, 1.54) is 22.6 Å². The first-order chi connectivity index (χ1) is 10.1. The summed E-state index contributed by atoms with van der Waals surface area (Å²) in [6.07, 6.45) is 1.75. The predicted molar refractivity (Wildman–Crippen MR) is 84.6 cm³/mol. The monoisotopic (exact) mass is 302 g/mol. The number of carbonyl (C=O) groups is 1. The Morgan fingerprint density at radius 1 is 1.48 bits per heavy atom. The molecule has 0 saturated heterocycles. The van der Waals surface area contributed by atoms with Crippen molar-refractivity contribution in [3.63, 3.8) is 0 Å². The van der Waals surface area contributed by atoms with E-state index in [0.717, 1.165) is 12.8 Å². The Labute approximate surface area is 127 Å². The maximum Gasteiger partial charge on any atom is 0.256 e. The molecular formula is C16H18N2O2S. The van der Waals surface area contributed by atoms with Crippen LogP contribution < -0.4 is 5.73 Å². The summed E-state index contributed by atoms with van der Waals surface area (Å²) in [6, 6.07) is 6.72. The number of hydrogen-bond acceptors (Lipinski definition) is 4. The molecule has 0 saturated carbocycles. The van der Waals surface area contributed by atoms with Crippen LogP contribution >= 0.6 is 11.3 Å². The molecule has 3 rings (SSSR count). The third-order valence-corrected chi connectivity index (χ3v) is 5.01. The van der Waals surface area contributed by atoms with Gasteiger partial charge in [0.05, 0.1) is 11.6 Å². The lowest BCUT2D eigenvalue weighted by Gasteiger charge is -2.35. The topological polar surface area (TPSA) is 66.6 Å². The minimum atomic E-state index is -0.105. The highest BCUT2D eigenvalue weighted by Gasteiger charge is 2.31. The Balaban J connectivity index is 1.96. The lowest BCUT2D eigenvalue weighted by atomic mass is 9.96. The molecule has 1 aromatic heterocycles. The molecular weight excluding hydrogens is 284 g/mol. The molecule has 0 aliphatic carbocycles. The van der Waals surface area contributed by atoms with E-state index in [0.29, 0.717) is 17.8 Å². The number of thiophene rings is 1. The fourth-order valence-electron chi connectivity index (χ4n) is 2.96. The lowest BCUT2D eigenvalue weighted by molar-refractivity contribution is 0.0658. The number of nitrogens with two attached hydrogens (primary N) is 1. The largest absolute Gasteiger partial charge is 0.508 e. The lowest BCUT2D eigenvalue weighted by Crippen LogP contribution is -2.39. The van der Waals surface area contributed by atoms with Crippen LogP contribution in [0.2, 0.25) is 0 Å². The van der Waals surface area contributed by atoms with E-state index in [1.54, 1.807) is 17.4 Å². The smallest absolute Gasteiger partial charge is 0.256 e. The second-order valence-electron chi connectivity index (χ2n) is 5.24. The summed E-state index contributed by atoms with van der Waals surface area (Å²) in [5.41, 5.74) is 7.94. The van der Waals surface area contributed by atoms with E-state index in [4.69, 9.17) is 5.73 Å². The van der Waals surface area contributed by atoms with Crippen LogP contribution in [0.15, 0.2) is 29.6 Å². The zero-order valence-electron chi connectivity index (χ0n) is 11.9. The third-order valence-electron chi connectivity index (χ3n) is 4.01. The summed E-state index contributed by atoms with van der Waals surface area (Å²) in [5.74, 6) is -0.0408. The van der Waals surface area contributed by atoms with Crippen LogP contribution in [-0.4, -0.2) is 22.5 Å². The van der Waals surface area contributed by atoms with Gasteiger partial charge in [-0.1, -0.05) is 6.92 Å². The number of carbonyl (C=O) groups excluding carboxylic acids is 1. The summed E-state index contributed by atoms with van der Waals surface area (Å²) in [7, 11) is 0. The zero-order valence-corrected chi connectivity index (χ0v) is 12.7. The standard InChI is InChI=1S/C16H18N2O2S/c1-2-14-11-6-8-21-15(11)5-7-18(14)16(20)12-9-10(19)3-4-13(12)17/h3-4,6,8-9,14,19H,2,5,7,17H2,1H3. The molecule has 0 bridgehead atoms. The van der Waals surface area contributed by atoms with Gasteiger partial charge < -0.3 is 15.7 Å². The fraction of sp³-hybridized carbons (Fsp3) is 0.312. The van der Waals surface area contributed by atoms with Crippen molar-refractivity contribution in [2.45, 2.75) is 25.8 Å². The molecule has 3 N–H and O–H groups in total. The van der Waals surface area contributed by atoms with Crippen molar-refractivity contribution in [3.8, 4) is 5.75 Å². The number of aromatic hydroxyl groups is 1. The first-order valence-electron chi connectivity index (χ1n) is 7.07. The van der Waals surface area contributed by atoms with Gasteiger partial charge in [0.25, 0.3) is 5.91 Å². The number of phenols is 1. The highest BCUT2D eigenvalue weighted by molar-refractivity contribution is 7.10. The molecule has 110 valence electrons. The average Bonchev–Trinajstić information content (AvgIpc) is 2.96. The molecule has 21 heavy (non-hydrogen) atoms. The number of phenolic OH excluding ortho intramolecular Hbond substituents is 1. The number of amides is 1. The van der Waals surface area contributed by atoms with Crippen molar-refractivity contribution in [3.05, 3.63) is 45.6 Å². The third kappa shape index (κ3) is 2.38. The number of benzene rings is 1. The molecule has 1 aliphatic heterocycles. The van der Waals surface area contributed by atoms with E-state index in [2.05, 4.69) is 18.4 Å². The molecule has 2 aromatic rings. The van der Waals surface area contributed by atoms with Crippen LogP contribution in [0.25, 0.3) is 0 Å². The molecule has 1 atom stereocenters. The van der Waals surface area contributed by atoms with Gasteiger partial charge in [-0.3, -0.25) is 4.79 Å². The molecule has 2 heterocycles. The summed E-state index contributed by atoms with van der Waals surface area (Å²) in [4.78, 5) is 16.1. The molecule has 1 aromatic carbocycles. The quantitative estimate of drug-likeness (QED) is 0.661. The van der Waals surface area contributed by atoms with Crippen molar-refractivity contribution in [2.24, 2.45) is 0 Å². The minimum absolute atomic E-state index is 0.0637. The van der Waals surface area contributed by atoms with E-state index >= 15 is 0 Å². The summed E-state index contributed by atoms with van der Waals surface area (Å²) in [6.45, 7) is 2.78. The molecule has 1 unspecified atom stereocenters. The van der Waals surface area contributed by atoms with E-state index in [9.17, 15) is 9.90 Å². The van der Waals surface area contributed by atoms with Gasteiger partial charge in [0, 0.05) is 17.1 Å². The average molecular weight is 302 g/mol. The maximum atomic E-state index is 12.8. The van der Waals surface area contributed by atoms with Crippen molar-refractivity contribution >= 4 is 22.9 Å². The summed E-state index contributed by atoms with van der Waals surface area (Å²) in [5, 5.41) is 11.7. The fourth-order valence-corrected chi connectivity index (χ4v) is 3.89. The summed E-state index contributed by atoms with van der Waals surface area (Å²) < 4.78 is 0. The molecule has 1 amide bonds. The Morgan fingerprint density at radius 2 is 2.29 bits per heavy atom. The van der Waals surface area contributed by atoms with Crippen molar-refractivity contribution < 1.29 is 9.90 Å². The Kier molecular flexibility index (Phi) is 3.59. The second-order valence-corrected chi connectivity index (χ2v) is 6.24. The van der Waals surface area contributed by atoms with Crippen LogP contribution in [0.4, 0.5) is 5.69 Å². The predicted octanol–water partition coefficient (Wildman–Crippen LogP) is 3.19. The van der Waals surface area contributed by atoms with Gasteiger partial charge >= 0.3 is 0 Å². The molecule has 5 heteroatoms. The molecule has 0 spiro atoms. The zero-order chi connectivity index (χ0) is 15.0. The van der Waals surface area contributed by atoms with E-state index in [1.807, 2.05) is 4.90 Å². The first kappa shape index (κ1) is 13.9. The van der Waals surface area contributed by atoms with Crippen molar-refractivity contribution in [1.82, 2.24) is 4.90 Å². The first-order valence-corrected chi connectivity index (χ1v) is 7.95. The van der Waals surface area contributed by atoms with E-state index < -0.39 is 0 Å². The molecule has 1 aliphatic rings. The van der Waals surface area contributed by atoms with Crippen LogP contribution in [0, 0.1) is 0 Å². The highest BCUT2D eigenvalue weighted by Crippen LogP contribution is 2.36. The summed E-state index contributed by atoms with van der Waals surface area (Å²) >= 11 is 1.76. The SMILES string of the molecule is CCC1c2ccsc2CCN1C(=O)c1cc(O)ccc1N. The number of nitrogens with zero attached hydrogens (tertiary/aromatic N) is 1. The maximum absolute atomic E-state index is 12.8. The number of anilines is 1. The van der Waals surface area contributed by atoms with Gasteiger partial charge in [-0.15, -0.1) is 11.3 Å². The van der Waals surface area contributed by atoms with Gasteiger partial charge in [-0.25, -0.2) is 0 Å². The van der Waals surface area contributed by atoms with Crippen molar-refractivity contribution in [2.75, 3.05) is 12.3 Å². The van der Waals surface area contributed by atoms with Gasteiger partial charge in [-0.2, -0.15) is 0 Å². The van der Waals surface area contributed by atoms with Crippen LogP contribution in [0.3, 0.4) is 0 Å². The number of hydrogen-bond donors (Lipinski definition) is 2. The van der Waals surface area contributed by atoms with Gasteiger partial charge in [-0.05, 0) is 48.1 Å². The van der Waals surface area contributed by atoms with Crippen LogP contribution in [0.1, 0.15) is 40.2 Å². The number of rotatable bonds is 2. The Morgan fingerprint density at radius 3 is 3.05 bits per heavy atom.